The van der Waals surface area contributed by atoms with Gasteiger partial charge in [-0.2, -0.15) is 5.10 Å². The van der Waals surface area contributed by atoms with Gasteiger partial charge in [-0.1, -0.05) is 18.2 Å². The molecule has 0 radical (unpaired) electrons. The SMILES string of the molecule is COc1c(C(=O)NCc2cccs2)ccc2[nH]nc(/C=C/c3ccc4occc4c3)c12. The Bertz CT molecular complexity index is 1400. The Hall–Kier alpha value is -3.84. The first-order valence-corrected chi connectivity index (χ1v) is 10.6. The Balaban J connectivity index is 1.47. The van der Waals surface area contributed by atoms with Crippen LogP contribution in [0.3, 0.4) is 0 Å². The lowest BCUT2D eigenvalue weighted by Crippen LogP contribution is -2.22. The molecule has 31 heavy (non-hydrogen) atoms. The van der Waals surface area contributed by atoms with Crippen molar-refractivity contribution in [2.75, 3.05) is 7.11 Å². The number of hydrogen-bond acceptors (Lipinski definition) is 5. The highest BCUT2D eigenvalue weighted by molar-refractivity contribution is 7.09. The Morgan fingerprint density at radius 1 is 1.23 bits per heavy atom. The second-order valence-electron chi connectivity index (χ2n) is 6.99. The first-order chi connectivity index (χ1) is 15.2. The molecule has 2 N–H and O–H groups in total. The Morgan fingerprint density at radius 2 is 2.16 bits per heavy atom. The highest BCUT2D eigenvalue weighted by atomic mass is 32.1. The summed E-state index contributed by atoms with van der Waals surface area (Å²) in [7, 11) is 1.57. The molecule has 0 aliphatic rings. The number of thiophene rings is 1. The smallest absolute Gasteiger partial charge is 0.255 e. The highest BCUT2D eigenvalue weighted by Crippen LogP contribution is 2.32. The lowest BCUT2D eigenvalue weighted by molar-refractivity contribution is 0.0948. The molecule has 3 heterocycles. The van der Waals surface area contributed by atoms with Crippen LogP contribution < -0.4 is 10.1 Å². The predicted octanol–water partition coefficient (Wildman–Crippen LogP) is 5.48. The number of hydrogen-bond donors (Lipinski definition) is 2. The zero-order chi connectivity index (χ0) is 21.2. The minimum atomic E-state index is -0.186. The molecule has 5 rings (SSSR count). The molecule has 7 heteroatoms. The minimum absolute atomic E-state index is 0.186. The Morgan fingerprint density at radius 3 is 3.00 bits per heavy atom. The molecular weight excluding hydrogens is 410 g/mol. The van der Waals surface area contributed by atoms with Gasteiger partial charge in [-0.15, -0.1) is 11.3 Å². The molecule has 0 saturated heterocycles. The summed E-state index contributed by atoms with van der Waals surface area (Å²) in [6.45, 7) is 0.478. The van der Waals surface area contributed by atoms with E-state index in [2.05, 4.69) is 15.5 Å². The molecule has 0 bridgehead atoms. The number of furan rings is 1. The van der Waals surface area contributed by atoms with E-state index in [1.165, 1.54) is 0 Å². The van der Waals surface area contributed by atoms with E-state index >= 15 is 0 Å². The zero-order valence-corrected chi connectivity index (χ0v) is 17.5. The summed E-state index contributed by atoms with van der Waals surface area (Å²) in [5, 5.41) is 14.2. The van der Waals surface area contributed by atoms with Crippen molar-refractivity contribution in [2.45, 2.75) is 6.54 Å². The maximum Gasteiger partial charge on any atom is 0.255 e. The number of methoxy groups -OCH3 is 1. The van der Waals surface area contributed by atoms with Crippen molar-refractivity contribution < 1.29 is 13.9 Å². The molecule has 2 aromatic carbocycles. The number of aromatic amines is 1. The van der Waals surface area contributed by atoms with Gasteiger partial charge in [0.2, 0.25) is 0 Å². The Labute approximate surface area is 182 Å². The van der Waals surface area contributed by atoms with E-state index in [0.717, 1.165) is 32.3 Å². The van der Waals surface area contributed by atoms with Gasteiger partial charge < -0.3 is 14.5 Å². The molecule has 0 unspecified atom stereocenters. The third-order valence-corrected chi connectivity index (χ3v) is 5.95. The molecule has 0 saturated carbocycles. The molecule has 0 atom stereocenters. The molecule has 6 nitrogen and oxygen atoms in total. The van der Waals surface area contributed by atoms with Gasteiger partial charge in [0.15, 0.2) is 0 Å². The summed E-state index contributed by atoms with van der Waals surface area (Å²) in [5.74, 6) is 0.313. The monoisotopic (exact) mass is 429 g/mol. The normalized spacial score (nSPS) is 11.5. The van der Waals surface area contributed by atoms with Crippen molar-refractivity contribution in [3.63, 3.8) is 0 Å². The number of nitrogens with one attached hydrogen (secondary N) is 2. The fraction of sp³-hybridized carbons (Fsp3) is 0.0833. The van der Waals surface area contributed by atoms with E-state index in [1.54, 1.807) is 30.8 Å². The Kier molecular flexibility index (Phi) is 5.01. The number of carbonyl (C=O) groups is 1. The van der Waals surface area contributed by atoms with Crippen LogP contribution in [0, 0.1) is 0 Å². The summed E-state index contributed by atoms with van der Waals surface area (Å²) in [6.07, 6.45) is 5.57. The highest BCUT2D eigenvalue weighted by Gasteiger charge is 2.18. The number of nitrogens with zero attached hydrogens (tertiary/aromatic N) is 1. The molecule has 0 aliphatic carbocycles. The number of fused-ring (bicyclic) bond motifs is 2. The third-order valence-electron chi connectivity index (χ3n) is 5.07. The second kappa shape index (κ2) is 8.12. The molecule has 5 aromatic rings. The van der Waals surface area contributed by atoms with Gasteiger partial charge >= 0.3 is 0 Å². The predicted molar refractivity (Wildman–Crippen MR) is 123 cm³/mol. The van der Waals surface area contributed by atoms with Crippen LogP contribution in [0.1, 0.15) is 26.5 Å². The van der Waals surface area contributed by atoms with Gasteiger partial charge in [0, 0.05) is 10.3 Å². The summed E-state index contributed by atoms with van der Waals surface area (Å²) in [6, 6.07) is 15.5. The summed E-state index contributed by atoms with van der Waals surface area (Å²) >= 11 is 1.61. The van der Waals surface area contributed by atoms with Crippen molar-refractivity contribution in [3.05, 3.63) is 81.9 Å². The molecule has 0 aliphatic heterocycles. The van der Waals surface area contributed by atoms with Gasteiger partial charge in [0.05, 0.1) is 42.1 Å². The van der Waals surface area contributed by atoms with E-state index in [-0.39, 0.29) is 5.91 Å². The number of benzene rings is 2. The third kappa shape index (κ3) is 3.71. The topological polar surface area (TPSA) is 80.1 Å². The maximum absolute atomic E-state index is 12.8. The molecule has 3 aromatic heterocycles. The minimum Gasteiger partial charge on any atom is -0.495 e. The van der Waals surface area contributed by atoms with Crippen LogP contribution >= 0.6 is 11.3 Å². The van der Waals surface area contributed by atoms with E-state index in [0.29, 0.717) is 23.6 Å². The first kappa shape index (κ1) is 19.1. The van der Waals surface area contributed by atoms with Crippen molar-refractivity contribution in [2.24, 2.45) is 0 Å². The van der Waals surface area contributed by atoms with Crippen LogP contribution in [0.5, 0.6) is 5.75 Å². The first-order valence-electron chi connectivity index (χ1n) is 9.74. The molecule has 0 fully saturated rings. The maximum atomic E-state index is 12.8. The van der Waals surface area contributed by atoms with Gasteiger partial charge in [-0.25, -0.2) is 0 Å². The summed E-state index contributed by atoms with van der Waals surface area (Å²) < 4.78 is 11.0. The van der Waals surface area contributed by atoms with Crippen LogP contribution in [0.25, 0.3) is 34.0 Å². The van der Waals surface area contributed by atoms with E-state index in [9.17, 15) is 4.79 Å². The van der Waals surface area contributed by atoms with E-state index < -0.39 is 0 Å². The van der Waals surface area contributed by atoms with Crippen molar-refractivity contribution in [1.29, 1.82) is 0 Å². The van der Waals surface area contributed by atoms with Crippen LogP contribution in [0.2, 0.25) is 0 Å². The zero-order valence-electron chi connectivity index (χ0n) is 16.7. The van der Waals surface area contributed by atoms with E-state index in [4.69, 9.17) is 9.15 Å². The number of rotatable bonds is 6. The lowest BCUT2D eigenvalue weighted by atomic mass is 10.1. The van der Waals surface area contributed by atoms with Crippen molar-refractivity contribution in [1.82, 2.24) is 15.5 Å². The van der Waals surface area contributed by atoms with Crippen LogP contribution in [0.4, 0.5) is 0 Å². The van der Waals surface area contributed by atoms with Gasteiger partial charge in [-0.05, 0) is 53.4 Å². The fourth-order valence-corrected chi connectivity index (χ4v) is 4.20. The number of H-pyrrole nitrogens is 1. The average molecular weight is 430 g/mol. The average Bonchev–Trinajstić information content (AvgIpc) is 3.55. The molecule has 154 valence electrons. The molecule has 0 spiro atoms. The number of ether oxygens (including phenoxy) is 1. The molecular formula is C24H19N3O3S. The van der Waals surface area contributed by atoms with Crippen LogP contribution in [-0.2, 0) is 6.54 Å². The number of carbonyl (C=O) groups excluding carboxylic acids is 1. The molecule has 1 amide bonds. The lowest BCUT2D eigenvalue weighted by Gasteiger charge is -2.10. The van der Waals surface area contributed by atoms with Gasteiger partial charge in [0.25, 0.3) is 5.91 Å². The van der Waals surface area contributed by atoms with Gasteiger partial charge in [0.1, 0.15) is 11.3 Å². The quantitative estimate of drug-likeness (QED) is 0.375. The van der Waals surface area contributed by atoms with Crippen LogP contribution in [-0.4, -0.2) is 23.2 Å². The largest absolute Gasteiger partial charge is 0.495 e. The van der Waals surface area contributed by atoms with Gasteiger partial charge in [-0.3, -0.25) is 9.89 Å². The van der Waals surface area contributed by atoms with E-state index in [1.807, 2.05) is 60.0 Å². The standard InChI is InChI=1S/C24H19N3O3S/c1-29-23-18(24(28)25-14-17-3-2-12-31-17)6-8-20-22(23)19(26-27-20)7-4-15-5-9-21-16(13-15)10-11-30-21/h2-13H,14H2,1H3,(H,25,28)(H,26,27)/b7-4+. The summed E-state index contributed by atoms with van der Waals surface area (Å²) in [5.41, 5.74) is 3.85. The summed E-state index contributed by atoms with van der Waals surface area (Å²) in [4.78, 5) is 13.9. The fourth-order valence-electron chi connectivity index (χ4n) is 3.56. The van der Waals surface area contributed by atoms with Crippen molar-refractivity contribution in [3.8, 4) is 5.75 Å². The number of amides is 1. The van der Waals surface area contributed by atoms with Crippen molar-refractivity contribution >= 4 is 51.3 Å². The second-order valence-corrected chi connectivity index (χ2v) is 8.02. The number of aromatic nitrogens is 2. The van der Waals surface area contributed by atoms with Crippen LogP contribution in [0.15, 0.2) is 64.6 Å².